The van der Waals surface area contributed by atoms with Crippen molar-refractivity contribution < 1.29 is 13.3 Å². The highest BCUT2D eigenvalue weighted by Crippen LogP contribution is 2.48. The number of benzene rings is 2. The average Bonchev–Trinajstić information content (AvgIpc) is 3.24. The van der Waals surface area contributed by atoms with Gasteiger partial charge in [0.15, 0.2) is 0 Å². The Labute approximate surface area is 176 Å². The molecule has 0 aliphatic carbocycles. The first kappa shape index (κ1) is 19.7. The molecule has 2 aliphatic heterocycles. The molecule has 0 amide bonds. The summed E-state index contributed by atoms with van der Waals surface area (Å²) in [4.78, 5) is 29.2. The molecule has 0 saturated carbocycles. The van der Waals surface area contributed by atoms with Gasteiger partial charge in [-0.1, -0.05) is 0 Å². The van der Waals surface area contributed by atoms with E-state index in [2.05, 4.69) is 14.8 Å². The molecule has 1 N–H and O–H groups in total. The van der Waals surface area contributed by atoms with Crippen molar-refractivity contribution in [1.29, 1.82) is 0 Å². The SMILES string of the molecule is O=c1[nH]c(=O)n(CCCN2CC[C@@H]3[C@@H](C2)c2cc(F)ccc2N3c2ccc(F)cc2)o1. The van der Waals surface area contributed by atoms with Crippen LogP contribution in [0.3, 0.4) is 0 Å². The number of hydrogen-bond acceptors (Lipinski definition) is 5. The molecule has 162 valence electrons. The highest BCUT2D eigenvalue weighted by Gasteiger charge is 2.42. The largest absolute Gasteiger partial charge is 0.440 e. The van der Waals surface area contributed by atoms with E-state index in [-0.39, 0.29) is 23.6 Å². The molecule has 1 aromatic heterocycles. The molecule has 9 heteroatoms. The number of fused-ring (bicyclic) bond motifs is 3. The van der Waals surface area contributed by atoms with E-state index >= 15 is 0 Å². The number of hydrogen-bond donors (Lipinski definition) is 1. The smallest absolute Gasteiger partial charge is 0.337 e. The molecule has 5 rings (SSSR count). The summed E-state index contributed by atoms with van der Waals surface area (Å²) >= 11 is 0. The van der Waals surface area contributed by atoms with Crippen molar-refractivity contribution in [3.63, 3.8) is 0 Å². The zero-order valence-electron chi connectivity index (χ0n) is 16.8. The van der Waals surface area contributed by atoms with Gasteiger partial charge < -0.3 is 14.3 Å². The van der Waals surface area contributed by atoms with Crippen LogP contribution in [0, 0.1) is 11.6 Å². The minimum Gasteiger partial charge on any atom is -0.337 e. The van der Waals surface area contributed by atoms with Crippen LogP contribution in [0.25, 0.3) is 0 Å². The molecule has 7 nitrogen and oxygen atoms in total. The van der Waals surface area contributed by atoms with Gasteiger partial charge in [0.1, 0.15) is 11.6 Å². The maximum absolute atomic E-state index is 14.1. The third kappa shape index (κ3) is 3.69. The molecule has 1 saturated heterocycles. The molecule has 0 spiro atoms. The number of rotatable bonds is 5. The number of nitrogens with zero attached hydrogens (tertiary/aromatic N) is 3. The molecule has 2 aliphatic rings. The number of aromatic amines is 1. The maximum Gasteiger partial charge on any atom is 0.440 e. The quantitative estimate of drug-likeness (QED) is 0.677. The van der Waals surface area contributed by atoms with Gasteiger partial charge in [-0.15, -0.1) is 0 Å². The van der Waals surface area contributed by atoms with Gasteiger partial charge in [-0.05, 0) is 67.4 Å². The van der Waals surface area contributed by atoms with Crippen LogP contribution in [0.15, 0.2) is 56.6 Å². The van der Waals surface area contributed by atoms with Crippen LogP contribution >= 0.6 is 0 Å². The molecule has 0 bridgehead atoms. The van der Waals surface area contributed by atoms with Crippen LogP contribution < -0.4 is 16.3 Å². The average molecular weight is 428 g/mol. The molecule has 31 heavy (non-hydrogen) atoms. The predicted molar refractivity (Wildman–Crippen MR) is 111 cm³/mol. The number of nitrogens with one attached hydrogen (secondary N) is 1. The van der Waals surface area contributed by atoms with Gasteiger partial charge in [0, 0.05) is 36.4 Å². The normalized spacial score (nSPS) is 20.6. The Balaban J connectivity index is 1.34. The van der Waals surface area contributed by atoms with Gasteiger partial charge >= 0.3 is 11.4 Å². The Kier molecular flexibility index (Phi) is 4.97. The van der Waals surface area contributed by atoms with Gasteiger partial charge in [-0.2, -0.15) is 4.74 Å². The lowest BCUT2D eigenvalue weighted by molar-refractivity contribution is 0.176. The summed E-state index contributed by atoms with van der Waals surface area (Å²) in [6, 6.07) is 11.5. The van der Waals surface area contributed by atoms with Crippen molar-refractivity contribution >= 4 is 11.4 Å². The Hall–Kier alpha value is -3.20. The van der Waals surface area contributed by atoms with Crippen molar-refractivity contribution in [2.75, 3.05) is 24.5 Å². The van der Waals surface area contributed by atoms with Crippen molar-refractivity contribution in [3.8, 4) is 0 Å². The fourth-order valence-corrected chi connectivity index (χ4v) is 4.88. The second-order valence-corrected chi connectivity index (χ2v) is 8.08. The first-order valence-electron chi connectivity index (χ1n) is 10.4. The third-order valence-electron chi connectivity index (χ3n) is 6.21. The fourth-order valence-electron chi connectivity index (χ4n) is 4.88. The van der Waals surface area contributed by atoms with Crippen molar-refractivity contribution in [1.82, 2.24) is 14.6 Å². The molecule has 2 atom stereocenters. The van der Waals surface area contributed by atoms with E-state index in [1.165, 1.54) is 18.2 Å². The molecule has 3 heterocycles. The number of anilines is 2. The zero-order valence-corrected chi connectivity index (χ0v) is 16.8. The van der Waals surface area contributed by atoms with Crippen LogP contribution in [-0.2, 0) is 6.54 Å². The van der Waals surface area contributed by atoms with Gasteiger partial charge in [-0.25, -0.2) is 23.4 Å². The van der Waals surface area contributed by atoms with E-state index in [4.69, 9.17) is 4.52 Å². The van der Waals surface area contributed by atoms with Gasteiger partial charge in [0.25, 0.3) is 0 Å². The second-order valence-electron chi connectivity index (χ2n) is 8.08. The first-order valence-corrected chi connectivity index (χ1v) is 10.4. The van der Waals surface area contributed by atoms with Gasteiger partial charge in [0.2, 0.25) is 0 Å². The van der Waals surface area contributed by atoms with E-state index in [1.54, 1.807) is 24.3 Å². The maximum atomic E-state index is 14.1. The topological polar surface area (TPSA) is 74.5 Å². The van der Waals surface area contributed by atoms with Crippen LogP contribution in [0.2, 0.25) is 0 Å². The Morgan fingerprint density at radius 2 is 1.81 bits per heavy atom. The lowest BCUT2D eigenvalue weighted by atomic mass is 9.89. The number of piperidine rings is 1. The molecular formula is C22H22F2N4O3. The Bertz CT molecular complexity index is 1200. The number of halogens is 2. The highest BCUT2D eigenvalue weighted by atomic mass is 19.1. The Morgan fingerprint density at radius 1 is 1.03 bits per heavy atom. The third-order valence-corrected chi connectivity index (χ3v) is 6.21. The number of aryl methyl sites for hydroxylation is 1. The zero-order chi connectivity index (χ0) is 21.5. The first-order chi connectivity index (χ1) is 15.0. The van der Waals surface area contributed by atoms with E-state index in [9.17, 15) is 18.4 Å². The molecule has 0 unspecified atom stereocenters. The molecule has 2 aromatic carbocycles. The van der Waals surface area contributed by atoms with E-state index in [1.807, 2.05) is 0 Å². The molecule has 1 fully saturated rings. The molecular weight excluding hydrogens is 406 g/mol. The summed E-state index contributed by atoms with van der Waals surface area (Å²) in [5, 5.41) is 0. The van der Waals surface area contributed by atoms with Crippen molar-refractivity contribution in [2.24, 2.45) is 0 Å². The van der Waals surface area contributed by atoms with E-state index in [0.29, 0.717) is 13.0 Å². The van der Waals surface area contributed by atoms with Crippen LogP contribution in [-0.4, -0.2) is 40.3 Å². The predicted octanol–water partition coefficient (Wildman–Crippen LogP) is 2.81. The lowest BCUT2D eigenvalue weighted by Crippen LogP contribution is -2.45. The monoisotopic (exact) mass is 428 g/mol. The minimum atomic E-state index is -0.753. The van der Waals surface area contributed by atoms with Crippen molar-refractivity contribution in [2.45, 2.75) is 31.3 Å². The minimum absolute atomic E-state index is 0.123. The summed E-state index contributed by atoms with van der Waals surface area (Å²) in [6.45, 7) is 2.65. The number of likely N-dealkylation sites (tertiary alicyclic amines) is 1. The van der Waals surface area contributed by atoms with Crippen molar-refractivity contribution in [3.05, 3.63) is 80.7 Å². The van der Waals surface area contributed by atoms with Crippen LogP contribution in [0.5, 0.6) is 0 Å². The summed E-state index contributed by atoms with van der Waals surface area (Å²) < 4.78 is 33.4. The number of H-pyrrole nitrogens is 1. The van der Waals surface area contributed by atoms with E-state index in [0.717, 1.165) is 47.7 Å². The molecule has 0 radical (unpaired) electrons. The van der Waals surface area contributed by atoms with Crippen LogP contribution in [0.4, 0.5) is 20.2 Å². The second kappa shape index (κ2) is 7.81. The fraction of sp³-hybridized carbons (Fsp3) is 0.364. The summed E-state index contributed by atoms with van der Waals surface area (Å²) in [7, 11) is 0. The van der Waals surface area contributed by atoms with Crippen LogP contribution in [0.1, 0.15) is 24.3 Å². The standard InChI is InChI=1S/C22H22F2N4O3/c23-14-2-5-16(6-3-14)28-19-7-4-15(24)12-17(19)18-13-26(11-8-20(18)28)9-1-10-27-21(29)25-22(30)31-27/h2-7,12,18,20H,1,8-11,13H2,(H,25,29,30)/t18-,20+/m0/s1. The lowest BCUT2D eigenvalue weighted by Gasteiger charge is -2.39. The number of aromatic nitrogens is 2. The summed E-state index contributed by atoms with van der Waals surface area (Å²) in [5.74, 6) is -1.18. The van der Waals surface area contributed by atoms with Gasteiger partial charge in [0.05, 0.1) is 6.54 Å². The summed E-state index contributed by atoms with van der Waals surface area (Å²) in [6.07, 6.45) is 1.52. The highest BCUT2D eigenvalue weighted by molar-refractivity contribution is 5.73. The molecule has 3 aromatic rings. The van der Waals surface area contributed by atoms with Gasteiger partial charge in [-0.3, -0.25) is 0 Å². The summed E-state index contributed by atoms with van der Waals surface area (Å²) in [5.41, 5.74) is 2.29. The Morgan fingerprint density at radius 3 is 2.55 bits per heavy atom. The van der Waals surface area contributed by atoms with E-state index < -0.39 is 11.4 Å².